The molecular weight excluding hydrogens is 403 g/mol. The molecule has 0 radical (unpaired) electrons. The molecule has 4 rings (SSSR count). The summed E-state index contributed by atoms with van der Waals surface area (Å²) in [5, 5.41) is 0.681. The molecule has 0 aliphatic carbocycles. The monoisotopic (exact) mass is 421 g/mol. The number of nitrogens with zero attached hydrogens (tertiary/aromatic N) is 2. The average molecular weight is 421 g/mol. The third-order valence-electron chi connectivity index (χ3n) is 5.22. The first-order valence-corrected chi connectivity index (χ1v) is 9.57. The molecule has 1 atom stereocenters. The van der Waals surface area contributed by atoms with Crippen LogP contribution < -0.4 is 5.73 Å². The fourth-order valence-corrected chi connectivity index (χ4v) is 3.66. The van der Waals surface area contributed by atoms with Crippen LogP contribution >= 0.6 is 0 Å². The van der Waals surface area contributed by atoms with Gasteiger partial charge >= 0.3 is 6.18 Å². The van der Waals surface area contributed by atoms with Crippen molar-refractivity contribution in [3.05, 3.63) is 95.3 Å². The molecular formula is C24H18F3N3O. The maximum Gasteiger partial charge on any atom is 0.417 e. The smallest absolute Gasteiger partial charge is 0.366 e. The molecule has 1 unspecified atom stereocenters. The molecule has 4 nitrogen and oxygen atoms in total. The van der Waals surface area contributed by atoms with Gasteiger partial charge in [-0.15, -0.1) is 0 Å². The lowest BCUT2D eigenvalue weighted by Crippen LogP contribution is -2.17. The Kier molecular flexibility index (Phi) is 5.19. The Morgan fingerprint density at radius 2 is 1.77 bits per heavy atom. The summed E-state index contributed by atoms with van der Waals surface area (Å²) in [5.41, 5.74) is 7.26. The standard InChI is InChI=1S/C24H18F3N3O/c1-14(21-19(22(28)31)13-17-8-5-11-29-23(17)30-21)15-6-4-7-16(12-15)18-9-2-3-10-20(18)24(25,26)27/h2-14H,1H3,(H2,28,31). The van der Waals surface area contributed by atoms with E-state index in [0.29, 0.717) is 27.9 Å². The highest BCUT2D eigenvalue weighted by Gasteiger charge is 2.33. The van der Waals surface area contributed by atoms with Crippen molar-refractivity contribution in [3.8, 4) is 11.1 Å². The molecule has 2 N–H and O–H groups in total. The summed E-state index contributed by atoms with van der Waals surface area (Å²) < 4.78 is 40.4. The molecule has 31 heavy (non-hydrogen) atoms. The Balaban J connectivity index is 1.83. The van der Waals surface area contributed by atoms with Crippen LogP contribution in [0.3, 0.4) is 0 Å². The lowest BCUT2D eigenvalue weighted by atomic mass is 9.90. The van der Waals surface area contributed by atoms with Crippen molar-refractivity contribution < 1.29 is 18.0 Å². The van der Waals surface area contributed by atoms with Gasteiger partial charge in [0.25, 0.3) is 5.91 Å². The second kappa shape index (κ2) is 7.83. The van der Waals surface area contributed by atoms with Crippen LogP contribution in [0.5, 0.6) is 0 Å². The number of nitrogens with two attached hydrogens (primary N) is 1. The third-order valence-corrected chi connectivity index (χ3v) is 5.22. The van der Waals surface area contributed by atoms with Gasteiger partial charge < -0.3 is 5.73 Å². The zero-order chi connectivity index (χ0) is 22.2. The minimum atomic E-state index is -4.47. The first-order valence-electron chi connectivity index (χ1n) is 9.57. The van der Waals surface area contributed by atoms with Crippen molar-refractivity contribution in [2.45, 2.75) is 19.0 Å². The summed E-state index contributed by atoms with van der Waals surface area (Å²) in [6, 6.07) is 17.4. The summed E-state index contributed by atoms with van der Waals surface area (Å²) in [7, 11) is 0. The number of hydrogen-bond donors (Lipinski definition) is 1. The second-order valence-corrected chi connectivity index (χ2v) is 7.23. The summed E-state index contributed by atoms with van der Waals surface area (Å²) in [5.74, 6) is -1.02. The lowest BCUT2D eigenvalue weighted by Gasteiger charge is -2.17. The van der Waals surface area contributed by atoms with E-state index in [1.54, 1.807) is 54.7 Å². The average Bonchev–Trinajstić information content (AvgIpc) is 2.77. The Bertz CT molecular complexity index is 1280. The molecule has 0 saturated carbocycles. The molecule has 0 aliphatic rings. The normalized spacial score (nSPS) is 12.6. The quantitative estimate of drug-likeness (QED) is 0.469. The maximum absolute atomic E-state index is 13.5. The summed E-state index contributed by atoms with van der Waals surface area (Å²) in [6.07, 6.45) is -2.87. The second-order valence-electron chi connectivity index (χ2n) is 7.23. The molecule has 7 heteroatoms. The summed E-state index contributed by atoms with van der Waals surface area (Å²) in [6.45, 7) is 1.83. The minimum absolute atomic E-state index is 0.0901. The highest BCUT2D eigenvalue weighted by Crippen LogP contribution is 2.38. The first-order chi connectivity index (χ1) is 14.8. The third kappa shape index (κ3) is 3.99. The van der Waals surface area contributed by atoms with Crippen LogP contribution in [0.25, 0.3) is 22.2 Å². The van der Waals surface area contributed by atoms with E-state index >= 15 is 0 Å². The van der Waals surface area contributed by atoms with Crippen LogP contribution in [-0.2, 0) is 6.18 Å². The molecule has 2 aromatic carbocycles. The van der Waals surface area contributed by atoms with E-state index in [9.17, 15) is 18.0 Å². The van der Waals surface area contributed by atoms with Crippen LogP contribution in [0.4, 0.5) is 13.2 Å². The number of amides is 1. The summed E-state index contributed by atoms with van der Waals surface area (Å²) in [4.78, 5) is 20.9. The number of rotatable bonds is 4. The predicted molar refractivity (Wildman–Crippen MR) is 112 cm³/mol. The van der Waals surface area contributed by atoms with Crippen LogP contribution in [0.15, 0.2) is 72.9 Å². The molecule has 1 amide bonds. The van der Waals surface area contributed by atoms with Crippen molar-refractivity contribution >= 4 is 16.9 Å². The van der Waals surface area contributed by atoms with Gasteiger partial charge in [-0.3, -0.25) is 4.79 Å². The fourth-order valence-electron chi connectivity index (χ4n) is 3.66. The van der Waals surface area contributed by atoms with E-state index in [4.69, 9.17) is 5.73 Å². The van der Waals surface area contributed by atoms with Crippen molar-refractivity contribution in [2.24, 2.45) is 5.73 Å². The van der Waals surface area contributed by atoms with Crippen LogP contribution in [0.2, 0.25) is 0 Å². The molecule has 2 heterocycles. The number of alkyl halides is 3. The van der Waals surface area contributed by atoms with Crippen LogP contribution in [0, 0.1) is 0 Å². The highest BCUT2D eigenvalue weighted by atomic mass is 19.4. The van der Waals surface area contributed by atoms with E-state index in [-0.39, 0.29) is 11.1 Å². The molecule has 2 aromatic heterocycles. The number of halogens is 3. The number of fused-ring (bicyclic) bond motifs is 1. The molecule has 0 fully saturated rings. The predicted octanol–water partition coefficient (Wildman–Crippen LogP) is 5.57. The van der Waals surface area contributed by atoms with E-state index in [2.05, 4.69) is 9.97 Å². The number of hydrogen-bond acceptors (Lipinski definition) is 3. The molecule has 0 saturated heterocycles. The van der Waals surface area contributed by atoms with Crippen LogP contribution in [0.1, 0.15) is 40.0 Å². The van der Waals surface area contributed by atoms with Crippen molar-refractivity contribution in [1.29, 1.82) is 0 Å². The number of carbonyl (C=O) groups excluding carboxylic acids is 1. The Labute approximate surface area is 176 Å². The van der Waals surface area contributed by atoms with Gasteiger partial charge in [0.15, 0.2) is 5.65 Å². The number of carbonyl (C=O) groups is 1. The molecule has 0 aliphatic heterocycles. The number of primary amides is 1. The van der Waals surface area contributed by atoms with Gasteiger partial charge in [0.05, 0.1) is 16.8 Å². The molecule has 0 spiro atoms. The largest absolute Gasteiger partial charge is 0.417 e. The molecule has 4 aromatic rings. The van der Waals surface area contributed by atoms with Crippen molar-refractivity contribution in [3.63, 3.8) is 0 Å². The lowest BCUT2D eigenvalue weighted by molar-refractivity contribution is -0.137. The van der Waals surface area contributed by atoms with Crippen LogP contribution in [-0.4, -0.2) is 15.9 Å². The van der Waals surface area contributed by atoms with Gasteiger partial charge in [0.1, 0.15) is 0 Å². The van der Waals surface area contributed by atoms with E-state index < -0.39 is 23.6 Å². The van der Waals surface area contributed by atoms with Crippen molar-refractivity contribution in [2.75, 3.05) is 0 Å². The van der Waals surface area contributed by atoms with Gasteiger partial charge in [0, 0.05) is 17.5 Å². The highest BCUT2D eigenvalue weighted by molar-refractivity contribution is 5.97. The SMILES string of the molecule is CC(c1cccc(-c2ccccc2C(F)(F)F)c1)c1nc2ncccc2cc1C(N)=O. The van der Waals surface area contributed by atoms with E-state index in [0.717, 1.165) is 6.07 Å². The zero-order valence-electron chi connectivity index (χ0n) is 16.5. The number of pyridine rings is 2. The first kappa shape index (κ1) is 20.5. The zero-order valence-corrected chi connectivity index (χ0v) is 16.5. The van der Waals surface area contributed by atoms with Gasteiger partial charge in [-0.25, -0.2) is 9.97 Å². The minimum Gasteiger partial charge on any atom is -0.366 e. The van der Waals surface area contributed by atoms with E-state index in [1.807, 2.05) is 6.92 Å². The van der Waals surface area contributed by atoms with Gasteiger partial charge in [0.2, 0.25) is 0 Å². The Morgan fingerprint density at radius 3 is 2.52 bits per heavy atom. The fraction of sp³-hybridized carbons (Fsp3) is 0.125. The number of aromatic nitrogens is 2. The van der Waals surface area contributed by atoms with Gasteiger partial charge in [-0.1, -0.05) is 49.4 Å². The topological polar surface area (TPSA) is 68.9 Å². The Hall–Kier alpha value is -3.74. The number of benzene rings is 2. The summed E-state index contributed by atoms with van der Waals surface area (Å²) >= 11 is 0. The van der Waals surface area contributed by atoms with Crippen molar-refractivity contribution in [1.82, 2.24) is 9.97 Å². The Morgan fingerprint density at radius 1 is 1.00 bits per heavy atom. The molecule has 156 valence electrons. The van der Waals surface area contributed by atoms with E-state index in [1.165, 1.54) is 12.1 Å². The maximum atomic E-state index is 13.5. The van der Waals surface area contributed by atoms with Gasteiger partial charge in [-0.2, -0.15) is 13.2 Å². The molecule has 0 bridgehead atoms. The van der Waals surface area contributed by atoms with Gasteiger partial charge in [-0.05, 0) is 41.0 Å².